The molecule has 0 unspecified atom stereocenters. The van der Waals surface area contributed by atoms with E-state index in [-0.39, 0.29) is 5.91 Å². The van der Waals surface area contributed by atoms with Crippen LogP contribution in [0.25, 0.3) is 5.78 Å². The molecule has 0 saturated heterocycles. The Bertz CT molecular complexity index is 1190. The molecule has 0 bridgehead atoms. The van der Waals surface area contributed by atoms with Gasteiger partial charge in [-0.15, -0.1) is 0 Å². The van der Waals surface area contributed by atoms with Crippen molar-refractivity contribution in [2.24, 2.45) is 0 Å². The third-order valence-electron chi connectivity index (χ3n) is 5.23. The highest BCUT2D eigenvalue weighted by Crippen LogP contribution is 2.16. The van der Waals surface area contributed by atoms with Crippen LogP contribution in [-0.2, 0) is 24.4 Å². The number of rotatable bonds is 8. The first kappa shape index (κ1) is 20.5. The smallest absolute Gasteiger partial charge is 0.252 e. The van der Waals surface area contributed by atoms with Gasteiger partial charge in [0.15, 0.2) is 0 Å². The fourth-order valence-corrected chi connectivity index (χ4v) is 3.53. The maximum atomic E-state index is 12.4. The molecule has 1 N–H and O–H groups in total. The van der Waals surface area contributed by atoms with Crippen molar-refractivity contribution >= 4 is 11.7 Å². The number of aromatic nitrogens is 4. The molecule has 0 aliphatic heterocycles. The summed E-state index contributed by atoms with van der Waals surface area (Å²) in [5.41, 5.74) is 5.00. The van der Waals surface area contributed by atoms with Gasteiger partial charge in [0.25, 0.3) is 5.78 Å². The Labute approximate surface area is 181 Å². The van der Waals surface area contributed by atoms with E-state index >= 15 is 0 Å². The fraction of sp³-hybridized carbons (Fsp3) is 0.250. The first-order chi connectivity index (χ1) is 15.1. The van der Waals surface area contributed by atoms with Crippen LogP contribution in [0.2, 0.25) is 0 Å². The number of amides is 1. The summed E-state index contributed by atoms with van der Waals surface area (Å²) in [6, 6.07) is 17.8. The molecule has 0 fully saturated rings. The van der Waals surface area contributed by atoms with Crippen LogP contribution in [0.1, 0.15) is 34.5 Å². The molecule has 0 atom stereocenters. The Morgan fingerprint density at radius 2 is 1.87 bits per heavy atom. The molecule has 158 valence electrons. The first-order valence-electron chi connectivity index (χ1n) is 10.3. The summed E-state index contributed by atoms with van der Waals surface area (Å²) in [5.74, 6) is 1.36. The van der Waals surface area contributed by atoms with Gasteiger partial charge in [-0.05, 0) is 49.1 Å². The minimum atomic E-state index is -0.00639. The van der Waals surface area contributed by atoms with Gasteiger partial charge in [-0.2, -0.15) is 10.1 Å². The monoisotopic (exact) mass is 415 g/mol. The predicted molar refractivity (Wildman–Crippen MR) is 118 cm³/mol. The lowest BCUT2D eigenvalue weighted by molar-refractivity contribution is -0.121. The number of carbonyl (C=O) groups excluding carboxylic acids is 1. The van der Waals surface area contributed by atoms with Crippen LogP contribution >= 0.6 is 0 Å². The number of carbonyl (C=O) groups is 1. The predicted octanol–water partition coefficient (Wildman–Crippen LogP) is 3.57. The third kappa shape index (κ3) is 5.06. The number of nitrogens with zero attached hydrogens (tertiary/aromatic N) is 4. The molecule has 0 spiro atoms. The number of ether oxygens (including phenoxy) is 1. The number of nitrogens with one attached hydrogen (secondary N) is 1. The van der Waals surface area contributed by atoms with E-state index in [1.807, 2.05) is 68.4 Å². The zero-order valence-electron chi connectivity index (χ0n) is 17.7. The highest BCUT2D eigenvalue weighted by molar-refractivity contribution is 5.76. The second-order valence-corrected chi connectivity index (χ2v) is 7.43. The largest absolute Gasteiger partial charge is 0.489 e. The van der Waals surface area contributed by atoms with E-state index < -0.39 is 0 Å². The zero-order valence-corrected chi connectivity index (χ0v) is 17.7. The highest BCUT2D eigenvalue weighted by Gasteiger charge is 2.12. The normalized spacial score (nSPS) is 10.9. The van der Waals surface area contributed by atoms with Crippen molar-refractivity contribution < 1.29 is 9.53 Å². The van der Waals surface area contributed by atoms with Crippen molar-refractivity contribution in [3.63, 3.8) is 0 Å². The van der Waals surface area contributed by atoms with E-state index in [4.69, 9.17) is 4.74 Å². The fourth-order valence-electron chi connectivity index (χ4n) is 3.53. The Kier molecular flexibility index (Phi) is 6.21. The Morgan fingerprint density at radius 3 is 2.71 bits per heavy atom. The third-order valence-corrected chi connectivity index (χ3v) is 5.23. The van der Waals surface area contributed by atoms with Gasteiger partial charge in [-0.1, -0.05) is 42.5 Å². The standard InChI is InChI=1S/C24H25N5O2/c1-17-22(18(2)29-24(28-17)26-16-27-29)11-12-23(30)25-14-20-9-6-10-21(13-20)31-15-19-7-4-3-5-8-19/h3-10,13,16H,11-12,14-15H2,1-2H3,(H,25,30). The van der Waals surface area contributed by atoms with E-state index in [0.29, 0.717) is 31.8 Å². The van der Waals surface area contributed by atoms with Crippen molar-refractivity contribution in [2.75, 3.05) is 0 Å². The minimum absolute atomic E-state index is 0.00639. The number of benzene rings is 2. The van der Waals surface area contributed by atoms with Crippen molar-refractivity contribution in [2.45, 2.75) is 39.8 Å². The van der Waals surface area contributed by atoms with Gasteiger partial charge in [0.05, 0.1) is 0 Å². The molecule has 0 aliphatic carbocycles. The van der Waals surface area contributed by atoms with E-state index in [1.165, 1.54) is 6.33 Å². The number of hydrogen-bond acceptors (Lipinski definition) is 5. The summed E-state index contributed by atoms with van der Waals surface area (Å²) in [6.07, 6.45) is 2.48. The van der Waals surface area contributed by atoms with Crippen LogP contribution in [0.15, 0.2) is 60.9 Å². The average molecular weight is 415 g/mol. The molecular weight excluding hydrogens is 390 g/mol. The molecule has 7 nitrogen and oxygen atoms in total. The second kappa shape index (κ2) is 9.38. The van der Waals surface area contributed by atoms with Crippen LogP contribution < -0.4 is 10.1 Å². The van der Waals surface area contributed by atoms with Crippen LogP contribution in [0.5, 0.6) is 5.75 Å². The van der Waals surface area contributed by atoms with Crippen molar-refractivity contribution in [1.82, 2.24) is 24.9 Å². The SMILES string of the molecule is Cc1nc2ncnn2c(C)c1CCC(=O)NCc1cccc(OCc2ccccc2)c1. The van der Waals surface area contributed by atoms with Gasteiger partial charge in [-0.25, -0.2) is 9.50 Å². The zero-order chi connectivity index (χ0) is 21.6. The number of aryl methyl sites for hydroxylation is 2. The van der Waals surface area contributed by atoms with Crippen LogP contribution in [0, 0.1) is 13.8 Å². The van der Waals surface area contributed by atoms with Crippen molar-refractivity contribution in [1.29, 1.82) is 0 Å². The molecule has 7 heteroatoms. The molecule has 0 aliphatic rings. The van der Waals surface area contributed by atoms with Gasteiger partial charge in [0, 0.05) is 24.4 Å². The molecule has 2 heterocycles. The molecule has 31 heavy (non-hydrogen) atoms. The maximum absolute atomic E-state index is 12.4. The number of hydrogen-bond donors (Lipinski definition) is 1. The van der Waals surface area contributed by atoms with Crippen LogP contribution in [0.4, 0.5) is 0 Å². The van der Waals surface area contributed by atoms with Gasteiger partial charge < -0.3 is 10.1 Å². The summed E-state index contributed by atoms with van der Waals surface area (Å²) >= 11 is 0. The van der Waals surface area contributed by atoms with E-state index in [9.17, 15) is 4.79 Å². The van der Waals surface area contributed by atoms with Crippen molar-refractivity contribution in [3.05, 3.63) is 89.0 Å². The molecule has 0 radical (unpaired) electrons. The molecule has 4 aromatic rings. The van der Waals surface area contributed by atoms with Gasteiger partial charge in [0.2, 0.25) is 5.91 Å². The first-order valence-corrected chi connectivity index (χ1v) is 10.3. The lowest BCUT2D eigenvalue weighted by Gasteiger charge is -2.11. The molecule has 2 aromatic carbocycles. The summed E-state index contributed by atoms with van der Waals surface area (Å²) in [4.78, 5) is 21.0. The minimum Gasteiger partial charge on any atom is -0.489 e. The molecule has 4 rings (SSSR count). The van der Waals surface area contributed by atoms with Gasteiger partial charge in [0.1, 0.15) is 18.7 Å². The van der Waals surface area contributed by atoms with Gasteiger partial charge >= 0.3 is 0 Å². The van der Waals surface area contributed by atoms with Gasteiger partial charge in [-0.3, -0.25) is 4.79 Å². The summed E-state index contributed by atoms with van der Waals surface area (Å²) in [7, 11) is 0. The van der Waals surface area contributed by atoms with E-state index in [0.717, 1.165) is 33.8 Å². The second-order valence-electron chi connectivity index (χ2n) is 7.43. The molecule has 1 amide bonds. The Morgan fingerprint density at radius 1 is 1.06 bits per heavy atom. The van der Waals surface area contributed by atoms with E-state index in [1.54, 1.807) is 4.52 Å². The summed E-state index contributed by atoms with van der Waals surface area (Å²) in [6.45, 7) is 4.89. The van der Waals surface area contributed by atoms with Crippen LogP contribution in [0.3, 0.4) is 0 Å². The van der Waals surface area contributed by atoms with Crippen molar-refractivity contribution in [3.8, 4) is 5.75 Å². The topological polar surface area (TPSA) is 81.4 Å². The molecular formula is C24H25N5O2. The highest BCUT2D eigenvalue weighted by atomic mass is 16.5. The lowest BCUT2D eigenvalue weighted by atomic mass is 10.1. The Hall–Kier alpha value is -3.74. The Balaban J connectivity index is 1.30. The number of fused-ring (bicyclic) bond motifs is 1. The maximum Gasteiger partial charge on any atom is 0.252 e. The summed E-state index contributed by atoms with van der Waals surface area (Å²) < 4.78 is 7.58. The molecule has 0 saturated carbocycles. The average Bonchev–Trinajstić information content (AvgIpc) is 3.26. The quantitative estimate of drug-likeness (QED) is 0.476. The molecule has 2 aromatic heterocycles. The van der Waals surface area contributed by atoms with E-state index in [2.05, 4.69) is 20.4 Å². The lowest BCUT2D eigenvalue weighted by Crippen LogP contribution is -2.23. The summed E-state index contributed by atoms with van der Waals surface area (Å²) in [5, 5.41) is 7.19. The van der Waals surface area contributed by atoms with Crippen LogP contribution in [-0.4, -0.2) is 25.5 Å².